The molecule has 2 aliphatic heterocycles. The van der Waals surface area contributed by atoms with Crippen LogP contribution in [0.3, 0.4) is 0 Å². The van der Waals surface area contributed by atoms with Crippen LogP contribution < -0.4 is 4.74 Å². The Morgan fingerprint density at radius 2 is 2.08 bits per heavy atom. The summed E-state index contributed by atoms with van der Waals surface area (Å²) in [5.74, 6) is -0.847. The van der Waals surface area contributed by atoms with Crippen LogP contribution in [0.5, 0.6) is 5.75 Å². The molecule has 2 aliphatic rings. The molecule has 1 unspecified atom stereocenters. The number of aliphatic carboxylic acids is 1. The van der Waals surface area contributed by atoms with Crippen LogP contribution in [-0.2, 0) is 14.3 Å². The van der Waals surface area contributed by atoms with Gasteiger partial charge in [-0.1, -0.05) is 42.2 Å². The minimum Gasteiger partial charge on any atom is -0.479 e. The third-order valence-corrected chi connectivity index (χ3v) is 5.18. The topological polar surface area (TPSA) is 79.3 Å². The van der Waals surface area contributed by atoms with E-state index in [0.717, 1.165) is 0 Å². The van der Waals surface area contributed by atoms with Crippen LogP contribution in [-0.4, -0.2) is 63.7 Å². The standard InChI is InChI=1S/C17H18N2O5S2/c1-11(16(21)22)24-13-5-3-2-4-12(13)10-14-15(20)19(17(25)26-14)18-6-8-23-9-7-18/h2-5,10-11H,6-9H2,1H3,(H,21,22)/b14-10+. The van der Waals surface area contributed by atoms with Gasteiger partial charge < -0.3 is 14.6 Å². The van der Waals surface area contributed by atoms with E-state index in [1.807, 2.05) is 5.01 Å². The Bertz CT molecular complexity index is 761. The molecular formula is C17H18N2O5S2. The smallest absolute Gasteiger partial charge is 0.344 e. The highest BCUT2D eigenvalue weighted by Gasteiger charge is 2.37. The number of amides is 1. The molecule has 0 aliphatic carbocycles. The lowest BCUT2D eigenvalue weighted by atomic mass is 10.2. The number of carbonyl (C=O) groups excluding carboxylic acids is 1. The second-order valence-corrected chi connectivity index (χ2v) is 7.37. The van der Waals surface area contributed by atoms with E-state index in [2.05, 4.69) is 0 Å². The highest BCUT2D eigenvalue weighted by Crippen LogP contribution is 2.35. The molecule has 2 saturated heterocycles. The van der Waals surface area contributed by atoms with Crippen LogP contribution >= 0.6 is 24.0 Å². The number of thiocarbonyl (C=S) groups is 1. The molecular weight excluding hydrogens is 376 g/mol. The molecule has 1 aromatic carbocycles. The number of rotatable bonds is 5. The summed E-state index contributed by atoms with van der Waals surface area (Å²) in [7, 11) is 0. The normalized spacial score (nSPS) is 21.3. The van der Waals surface area contributed by atoms with Crippen molar-refractivity contribution in [2.75, 3.05) is 26.3 Å². The van der Waals surface area contributed by atoms with Gasteiger partial charge in [0.1, 0.15) is 5.75 Å². The van der Waals surface area contributed by atoms with Gasteiger partial charge in [-0.2, -0.15) is 0 Å². The average Bonchev–Trinajstić information content (AvgIpc) is 2.90. The zero-order chi connectivity index (χ0) is 18.7. The summed E-state index contributed by atoms with van der Waals surface area (Å²) in [6.45, 7) is 3.78. The lowest BCUT2D eigenvalue weighted by molar-refractivity contribution is -0.144. The molecule has 0 spiro atoms. The lowest BCUT2D eigenvalue weighted by Gasteiger charge is -2.33. The van der Waals surface area contributed by atoms with E-state index in [4.69, 9.17) is 26.8 Å². The predicted octanol–water partition coefficient (Wildman–Crippen LogP) is 1.99. The second-order valence-electron chi connectivity index (χ2n) is 5.70. The molecule has 2 fully saturated rings. The van der Waals surface area contributed by atoms with E-state index in [1.165, 1.54) is 23.7 Å². The number of ether oxygens (including phenoxy) is 2. The average molecular weight is 394 g/mol. The van der Waals surface area contributed by atoms with E-state index >= 15 is 0 Å². The van der Waals surface area contributed by atoms with Crippen molar-refractivity contribution in [3.63, 3.8) is 0 Å². The van der Waals surface area contributed by atoms with Gasteiger partial charge in [0.2, 0.25) is 0 Å². The molecule has 1 N–H and O–H groups in total. The Labute approximate surface area is 160 Å². The maximum absolute atomic E-state index is 12.8. The number of carbonyl (C=O) groups is 2. The number of hydrogen-bond acceptors (Lipinski definition) is 7. The minimum absolute atomic E-state index is 0.192. The van der Waals surface area contributed by atoms with Crippen LogP contribution in [0.2, 0.25) is 0 Å². The van der Waals surface area contributed by atoms with Gasteiger partial charge >= 0.3 is 5.97 Å². The molecule has 3 rings (SSSR count). The van der Waals surface area contributed by atoms with E-state index in [-0.39, 0.29) is 5.91 Å². The third kappa shape index (κ3) is 4.07. The van der Waals surface area contributed by atoms with Crippen molar-refractivity contribution in [3.8, 4) is 5.75 Å². The number of hydrogen-bond donors (Lipinski definition) is 1. The fourth-order valence-corrected chi connectivity index (χ4v) is 3.85. The first-order valence-corrected chi connectivity index (χ1v) is 9.29. The highest BCUT2D eigenvalue weighted by atomic mass is 32.2. The summed E-state index contributed by atoms with van der Waals surface area (Å²) in [5.41, 5.74) is 0.628. The summed E-state index contributed by atoms with van der Waals surface area (Å²) in [6.07, 6.45) is 0.691. The first-order chi connectivity index (χ1) is 12.5. The summed E-state index contributed by atoms with van der Waals surface area (Å²) in [6, 6.07) is 6.99. The van der Waals surface area contributed by atoms with Crippen molar-refractivity contribution < 1.29 is 24.2 Å². The molecule has 1 aromatic rings. The molecule has 0 radical (unpaired) electrons. The van der Waals surface area contributed by atoms with Gasteiger partial charge in [0.15, 0.2) is 10.4 Å². The number of para-hydroxylation sites is 1. The highest BCUT2D eigenvalue weighted by molar-refractivity contribution is 8.26. The summed E-state index contributed by atoms with van der Waals surface area (Å²) in [5, 5.41) is 12.4. The van der Waals surface area contributed by atoms with Crippen molar-refractivity contribution in [3.05, 3.63) is 34.7 Å². The molecule has 138 valence electrons. The summed E-state index contributed by atoms with van der Waals surface area (Å²) < 4.78 is 11.3. The Hall–Kier alpha value is -1.94. The Balaban J connectivity index is 1.83. The second kappa shape index (κ2) is 8.17. The molecule has 26 heavy (non-hydrogen) atoms. The summed E-state index contributed by atoms with van der Waals surface area (Å²) >= 11 is 6.58. The monoisotopic (exact) mass is 394 g/mol. The van der Waals surface area contributed by atoms with Crippen LogP contribution in [0.15, 0.2) is 29.2 Å². The summed E-state index contributed by atoms with van der Waals surface area (Å²) in [4.78, 5) is 24.3. The Morgan fingerprint density at radius 1 is 1.38 bits per heavy atom. The molecule has 2 heterocycles. The fourth-order valence-electron chi connectivity index (χ4n) is 2.55. The van der Waals surface area contributed by atoms with E-state index < -0.39 is 12.1 Å². The van der Waals surface area contributed by atoms with Crippen LogP contribution in [0.25, 0.3) is 6.08 Å². The maximum Gasteiger partial charge on any atom is 0.344 e. The number of morpholine rings is 1. The van der Waals surface area contributed by atoms with Gasteiger partial charge in [0, 0.05) is 18.7 Å². The van der Waals surface area contributed by atoms with Gasteiger partial charge in [-0.05, 0) is 19.1 Å². The van der Waals surface area contributed by atoms with Crippen LogP contribution in [0, 0.1) is 0 Å². The number of carboxylic acid groups (broad SMARTS) is 1. The minimum atomic E-state index is -1.06. The number of carboxylic acids is 1. The quantitative estimate of drug-likeness (QED) is 0.600. The fraction of sp³-hybridized carbons (Fsp3) is 0.353. The van der Waals surface area contributed by atoms with Crippen molar-refractivity contribution in [1.82, 2.24) is 10.0 Å². The molecule has 7 nitrogen and oxygen atoms in total. The maximum atomic E-state index is 12.8. The Morgan fingerprint density at radius 3 is 2.77 bits per heavy atom. The van der Waals surface area contributed by atoms with E-state index in [0.29, 0.717) is 46.8 Å². The van der Waals surface area contributed by atoms with Gasteiger partial charge in [0.05, 0.1) is 18.1 Å². The first kappa shape index (κ1) is 18.8. The van der Waals surface area contributed by atoms with Gasteiger partial charge in [-0.25, -0.2) is 14.8 Å². The van der Waals surface area contributed by atoms with Crippen LogP contribution in [0.4, 0.5) is 0 Å². The largest absolute Gasteiger partial charge is 0.479 e. The molecule has 1 amide bonds. The zero-order valence-corrected chi connectivity index (χ0v) is 15.7. The number of benzene rings is 1. The Kier molecular flexibility index (Phi) is 5.92. The van der Waals surface area contributed by atoms with Crippen LogP contribution in [0.1, 0.15) is 12.5 Å². The molecule has 0 saturated carbocycles. The molecule has 0 aromatic heterocycles. The molecule has 1 atom stereocenters. The van der Waals surface area contributed by atoms with Gasteiger partial charge in [-0.3, -0.25) is 4.79 Å². The van der Waals surface area contributed by atoms with Gasteiger partial charge in [0.25, 0.3) is 5.91 Å². The van der Waals surface area contributed by atoms with E-state index in [1.54, 1.807) is 30.3 Å². The number of thioether (sulfide) groups is 1. The zero-order valence-electron chi connectivity index (χ0n) is 14.1. The molecule has 0 bridgehead atoms. The van der Waals surface area contributed by atoms with Crippen molar-refractivity contribution >= 4 is 46.3 Å². The predicted molar refractivity (Wildman–Crippen MR) is 102 cm³/mol. The SMILES string of the molecule is CC(Oc1ccccc1/C=C1/SC(=S)N(N2CCOCC2)C1=O)C(=O)O. The lowest BCUT2D eigenvalue weighted by Crippen LogP contribution is -2.50. The number of hydrazine groups is 1. The van der Waals surface area contributed by atoms with Crippen molar-refractivity contribution in [2.45, 2.75) is 13.0 Å². The van der Waals surface area contributed by atoms with E-state index in [9.17, 15) is 9.59 Å². The molecule has 9 heteroatoms. The third-order valence-electron chi connectivity index (χ3n) is 3.90. The van der Waals surface area contributed by atoms with Crippen molar-refractivity contribution in [2.24, 2.45) is 0 Å². The van der Waals surface area contributed by atoms with Crippen molar-refractivity contribution in [1.29, 1.82) is 0 Å². The first-order valence-electron chi connectivity index (χ1n) is 8.06. The number of nitrogens with zero attached hydrogens (tertiary/aromatic N) is 2. The van der Waals surface area contributed by atoms with Gasteiger partial charge in [-0.15, -0.1) is 0 Å².